The molecule has 0 saturated heterocycles. The Morgan fingerprint density at radius 3 is 2.39 bits per heavy atom. The molecule has 150 valence electrons. The van der Waals surface area contributed by atoms with E-state index in [-0.39, 0.29) is 28.9 Å². The summed E-state index contributed by atoms with van der Waals surface area (Å²) in [7, 11) is 0. The first-order valence-electron chi connectivity index (χ1n) is 8.73. The number of nitrogens with one attached hydrogen (secondary N) is 3. The van der Waals surface area contributed by atoms with Gasteiger partial charge < -0.3 is 16.0 Å². The lowest BCUT2D eigenvalue weighted by molar-refractivity contribution is -0.114. The summed E-state index contributed by atoms with van der Waals surface area (Å²) in [5.74, 6) is -0.538. The average molecular weight is 443 g/mol. The number of hydrogen-bond acceptors (Lipinski definition) is 3. The van der Waals surface area contributed by atoms with Crippen molar-refractivity contribution in [1.29, 1.82) is 0 Å². The zero-order valence-corrected chi connectivity index (χ0v) is 18.1. The maximum absolute atomic E-state index is 12.4. The van der Waals surface area contributed by atoms with E-state index in [1.165, 1.54) is 0 Å². The van der Waals surface area contributed by atoms with Gasteiger partial charge in [0.15, 0.2) is 0 Å². The lowest BCUT2D eigenvalue weighted by Crippen LogP contribution is -2.42. The minimum atomic E-state index is -0.322. The molecule has 2 aromatic rings. The van der Waals surface area contributed by atoms with E-state index >= 15 is 0 Å². The molecule has 0 fully saturated rings. The quantitative estimate of drug-likeness (QED) is 0.521. The van der Waals surface area contributed by atoms with Gasteiger partial charge in [-0.25, -0.2) is 0 Å². The number of hydrogen-bond donors (Lipinski definition) is 3. The van der Waals surface area contributed by atoms with Crippen LogP contribution in [-0.4, -0.2) is 23.9 Å². The van der Waals surface area contributed by atoms with Crippen LogP contribution >= 0.6 is 34.8 Å². The topological polar surface area (TPSA) is 70.2 Å². The van der Waals surface area contributed by atoms with Crippen molar-refractivity contribution in [2.24, 2.45) is 0 Å². The zero-order valence-electron chi connectivity index (χ0n) is 15.8. The van der Waals surface area contributed by atoms with Crippen LogP contribution in [-0.2, 0) is 4.79 Å². The molecule has 0 heterocycles. The molecule has 0 atom stereocenters. The fraction of sp³-hybridized carbons (Fsp3) is 0.300. The maximum Gasteiger partial charge on any atom is 0.253 e. The van der Waals surface area contributed by atoms with E-state index in [0.717, 1.165) is 6.42 Å². The van der Waals surface area contributed by atoms with E-state index in [1.54, 1.807) is 36.4 Å². The Kier molecular flexibility index (Phi) is 7.58. The molecular weight excluding hydrogens is 421 g/mol. The Balaban J connectivity index is 1.98. The minimum absolute atomic E-state index is 0.00637. The van der Waals surface area contributed by atoms with Crippen LogP contribution in [0.2, 0.25) is 15.1 Å². The second-order valence-electron chi connectivity index (χ2n) is 6.89. The predicted octanol–water partition coefficient (Wildman–Crippen LogP) is 5.62. The third kappa shape index (κ3) is 6.03. The highest BCUT2D eigenvalue weighted by Gasteiger charge is 2.20. The van der Waals surface area contributed by atoms with Crippen molar-refractivity contribution in [1.82, 2.24) is 5.32 Å². The van der Waals surface area contributed by atoms with Crippen molar-refractivity contribution < 1.29 is 9.59 Å². The second kappa shape index (κ2) is 9.50. The Labute approximate surface area is 179 Å². The Morgan fingerprint density at radius 2 is 1.75 bits per heavy atom. The van der Waals surface area contributed by atoms with Gasteiger partial charge >= 0.3 is 0 Å². The smallest absolute Gasteiger partial charge is 0.253 e. The highest BCUT2D eigenvalue weighted by molar-refractivity contribution is 6.44. The molecule has 2 rings (SSSR count). The Bertz CT molecular complexity index is 885. The first kappa shape index (κ1) is 22.3. The van der Waals surface area contributed by atoms with Crippen molar-refractivity contribution in [3.63, 3.8) is 0 Å². The molecule has 28 heavy (non-hydrogen) atoms. The van der Waals surface area contributed by atoms with E-state index < -0.39 is 0 Å². The second-order valence-corrected chi connectivity index (χ2v) is 8.08. The van der Waals surface area contributed by atoms with Gasteiger partial charge in [-0.1, -0.05) is 47.8 Å². The SMILES string of the molecule is CCC(C)(C)NC(=O)c1ccc(NCC(=O)Nc2cccc(Cl)c2Cl)cc1Cl. The maximum atomic E-state index is 12.4. The van der Waals surface area contributed by atoms with Gasteiger partial charge in [0.2, 0.25) is 5.91 Å². The van der Waals surface area contributed by atoms with Crippen LogP contribution in [0.4, 0.5) is 11.4 Å². The van der Waals surface area contributed by atoms with Gasteiger partial charge in [0.25, 0.3) is 5.91 Å². The summed E-state index contributed by atoms with van der Waals surface area (Å²) >= 11 is 18.2. The van der Waals surface area contributed by atoms with Crippen LogP contribution in [0.5, 0.6) is 0 Å². The molecule has 0 radical (unpaired) electrons. The Hall–Kier alpha value is -1.95. The van der Waals surface area contributed by atoms with E-state index in [2.05, 4.69) is 16.0 Å². The summed E-state index contributed by atoms with van der Waals surface area (Å²) in [4.78, 5) is 24.5. The molecule has 5 nitrogen and oxygen atoms in total. The van der Waals surface area contributed by atoms with Crippen molar-refractivity contribution in [2.75, 3.05) is 17.2 Å². The van der Waals surface area contributed by atoms with Crippen molar-refractivity contribution in [3.05, 3.63) is 57.0 Å². The van der Waals surface area contributed by atoms with Crippen molar-refractivity contribution in [3.8, 4) is 0 Å². The van der Waals surface area contributed by atoms with Crippen molar-refractivity contribution in [2.45, 2.75) is 32.7 Å². The van der Waals surface area contributed by atoms with Gasteiger partial charge in [-0.2, -0.15) is 0 Å². The van der Waals surface area contributed by atoms with Crippen LogP contribution < -0.4 is 16.0 Å². The summed E-state index contributed by atoms with van der Waals surface area (Å²) in [6.07, 6.45) is 0.793. The number of carbonyl (C=O) groups excluding carboxylic acids is 2. The van der Waals surface area contributed by atoms with Crippen LogP contribution in [0.1, 0.15) is 37.6 Å². The molecule has 0 unspecified atom stereocenters. The zero-order chi connectivity index (χ0) is 20.9. The summed E-state index contributed by atoms with van der Waals surface area (Å²) in [5, 5.41) is 9.52. The fourth-order valence-electron chi connectivity index (χ4n) is 2.25. The molecule has 0 aliphatic rings. The third-order valence-electron chi connectivity index (χ3n) is 4.23. The minimum Gasteiger partial charge on any atom is -0.376 e. The van der Waals surface area contributed by atoms with Crippen molar-refractivity contribution >= 4 is 58.0 Å². The van der Waals surface area contributed by atoms with Gasteiger partial charge in [-0.3, -0.25) is 9.59 Å². The van der Waals surface area contributed by atoms with Gasteiger partial charge in [0.05, 0.1) is 32.9 Å². The largest absolute Gasteiger partial charge is 0.376 e. The number of benzene rings is 2. The normalized spacial score (nSPS) is 11.1. The standard InChI is InChI=1S/C20H22Cl3N3O2/c1-4-20(2,3)26-19(28)13-9-8-12(10-15(13)22)24-11-17(27)25-16-7-5-6-14(21)18(16)23/h5-10,24H,4,11H2,1-3H3,(H,25,27)(H,26,28). The first-order valence-corrected chi connectivity index (χ1v) is 9.86. The molecule has 2 amide bonds. The van der Waals surface area contributed by atoms with Gasteiger partial charge in [-0.05, 0) is 50.6 Å². The highest BCUT2D eigenvalue weighted by Crippen LogP contribution is 2.29. The number of carbonyl (C=O) groups is 2. The van der Waals surface area contributed by atoms with Crippen LogP contribution in [0.15, 0.2) is 36.4 Å². The van der Waals surface area contributed by atoms with E-state index in [0.29, 0.717) is 27.0 Å². The monoisotopic (exact) mass is 441 g/mol. The molecular formula is C20H22Cl3N3O2. The highest BCUT2D eigenvalue weighted by atomic mass is 35.5. The van der Waals surface area contributed by atoms with Crippen LogP contribution in [0.3, 0.4) is 0 Å². The van der Waals surface area contributed by atoms with Crippen LogP contribution in [0, 0.1) is 0 Å². The van der Waals surface area contributed by atoms with Gasteiger partial charge in [-0.15, -0.1) is 0 Å². The lowest BCUT2D eigenvalue weighted by atomic mass is 10.0. The first-order chi connectivity index (χ1) is 13.1. The molecule has 0 aliphatic carbocycles. The molecule has 2 aromatic carbocycles. The number of anilines is 2. The van der Waals surface area contributed by atoms with E-state index in [1.807, 2.05) is 20.8 Å². The summed E-state index contributed by atoms with van der Waals surface area (Å²) in [6.45, 7) is 5.88. The molecule has 0 spiro atoms. The molecule has 0 aromatic heterocycles. The molecule has 0 saturated carbocycles. The summed E-state index contributed by atoms with van der Waals surface area (Å²) in [6, 6.07) is 9.92. The fourth-order valence-corrected chi connectivity index (χ4v) is 2.86. The average Bonchev–Trinajstić information content (AvgIpc) is 2.63. The molecule has 8 heteroatoms. The van der Waals surface area contributed by atoms with E-state index in [4.69, 9.17) is 34.8 Å². The number of amides is 2. The van der Waals surface area contributed by atoms with E-state index in [9.17, 15) is 9.59 Å². The molecule has 3 N–H and O–H groups in total. The van der Waals surface area contributed by atoms with Gasteiger partial charge in [0, 0.05) is 11.2 Å². The van der Waals surface area contributed by atoms with Crippen LogP contribution in [0.25, 0.3) is 0 Å². The summed E-state index contributed by atoms with van der Waals surface area (Å²) in [5.41, 5.74) is 1.11. The third-order valence-corrected chi connectivity index (χ3v) is 5.36. The molecule has 0 bridgehead atoms. The number of halogens is 3. The Morgan fingerprint density at radius 1 is 1.04 bits per heavy atom. The number of rotatable bonds is 7. The lowest BCUT2D eigenvalue weighted by Gasteiger charge is -2.24. The predicted molar refractivity (Wildman–Crippen MR) is 117 cm³/mol. The summed E-state index contributed by atoms with van der Waals surface area (Å²) < 4.78 is 0. The molecule has 0 aliphatic heterocycles. The van der Waals surface area contributed by atoms with Gasteiger partial charge in [0.1, 0.15) is 0 Å².